The molecule has 3 heterocycles. The van der Waals surface area contributed by atoms with Crippen molar-refractivity contribution in [3.8, 4) is 16.9 Å². The van der Waals surface area contributed by atoms with Crippen LogP contribution in [0.5, 0.6) is 5.75 Å². The molecule has 0 unspecified atom stereocenters. The summed E-state index contributed by atoms with van der Waals surface area (Å²) in [7, 11) is 1.73. The molecule has 0 spiro atoms. The third-order valence-electron chi connectivity index (χ3n) is 13.0. The summed E-state index contributed by atoms with van der Waals surface area (Å²) in [5.74, 6) is 1.65. The van der Waals surface area contributed by atoms with Gasteiger partial charge in [0.15, 0.2) is 0 Å². The number of likely N-dealkylation sites (tertiary alicyclic amines) is 1. The fraction of sp³-hybridized carbons (Fsp3) is 0.600. The summed E-state index contributed by atoms with van der Waals surface area (Å²) < 4.78 is 13.4. The number of carbonyl (C=O) groups is 2. The van der Waals surface area contributed by atoms with Crippen molar-refractivity contribution in [1.82, 2.24) is 19.7 Å². The van der Waals surface area contributed by atoms with Gasteiger partial charge in [0.05, 0.1) is 38.5 Å². The highest BCUT2D eigenvalue weighted by Crippen LogP contribution is 2.58. The van der Waals surface area contributed by atoms with Gasteiger partial charge in [-0.15, -0.1) is 0 Å². The van der Waals surface area contributed by atoms with Gasteiger partial charge in [-0.3, -0.25) is 14.4 Å². The minimum atomic E-state index is -0.455. The Kier molecular flexibility index (Phi) is 8.86. The fourth-order valence-electron chi connectivity index (χ4n) is 9.30. The summed E-state index contributed by atoms with van der Waals surface area (Å²) in [6.07, 6.45) is 17.8. The summed E-state index contributed by atoms with van der Waals surface area (Å²) in [4.78, 5) is 35.6. The van der Waals surface area contributed by atoms with Crippen LogP contribution in [-0.4, -0.2) is 75.7 Å². The van der Waals surface area contributed by atoms with Crippen LogP contribution in [0, 0.1) is 18.3 Å². The van der Waals surface area contributed by atoms with Crippen molar-refractivity contribution < 1.29 is 24.2 Å². The van der Waals surface area contributed by atoms with E-state index in [1.54, 1.807) is 7.11 Å². The van der Waals surface area contributed by atoms with Crippen LogP contribution in [0.1, 0.15) is 101 Å². The van der Waals surface area contributed by atoms with Gasteiger partial charge in [0.25, 0.3) is 0 Å². The lowest BCUT2D eigenvalue weighted by molar-refractivity contribution is -0.124. The molecule has 6 fully saturated rings. The van der Waals surface area contributed by atoms with E-state index < -0.39 is 6.10 Å². The zero-order valence-electron chi connectivity index (χ0n) is 29.6. The zero-order valence-corrected chi connectivity index (χ0v) is 29.6. The molecule has 266 valence electrons. The first-order chi connectivity index (χ1) is 24.2. The van der Waals surface area contributed by atoms with Crippen molar-refractivity contribution in [2.75, 3.05) is 31.6 Å². The molecule has 1 aliphatic heterocycles. The molecule has 5 aliphatic carbocycles. The number of aromatic nitrogens is 3. The first-order valence-electron chi connectivity index (χ1n) is 18.8. The lowest BCUT2D eigenvalue weighted by Crippen LogP contribution is -2.54. The molecule has 2 amide bonds. The van der Waals surface area contributed by atoms with Crippen molar-refractivity contribution >= 4 is 17.8 Å². The number of amides is 2. The third-order valence-corrected chi connectivity index (χ3v) is 13.0. The molecule has 1 saturated heterocycles. The predicted molar refractivity (Wildman–Crippen MR) is 190 cm³/mol. The molecule has 3 aromatic rings. The number of anilines is 1. The van der Waals surface area contributed by atoms with E-state index in [1.165, 1.54) is 35.3 Å². The predicted octanol–water partition coefficient (Wildman–Crippen LogP) is 6.98. The Hall–Kier alpha value is -3.92. The maximum Gasteiger partial charge on any atom is 0.410 e. The number of rotatable bonds is 9. The molecule has 6 aliphatic rings. The molecule has 2 aromatic heterocycles. The average molecular weight is 682 g/mol. The van der Waals surface area contributed by atoms with Gasteiger partial charge in [0, 0.05) is 30.4 Å². The molecule has 10 nitrogen and oxygen atoms in total. The summed E-state index contributed by atoms with van der Waals surface area (Å²) in [6.45, 7) is 3.47. The maximum absolute atomic E-state index is 14.7. The lowest BCUT2D eigenvalue weighted by atomic mass is 9.51. The number of aryl methyl sites for hydroxylation is 1. The molecule has 9 rings (SSSR count). The minimum absolute atomic E-state index is 0.0558. The lowest BCUT2D eigenvalue weighted by Gasteiger charge is -2.55. The first kappa shape index (κ1) is 33.2. The van der Waals surface area contributed by atoms with Gasteiger partial charge in [-0.25, -0.2) is 9.78 Å². The van der Waals surface area contributed by atoms with Crippen LogP contribution in [0.15, 0.2) is 48.9 Å². The fourth-order valence-corrected chi connectivity index (χ4v) is 9.30. The highest BCUT2D eigenvalue weighted by atomic mass is 16.6. The largest absolute Gasteiger partial charge is 0.496 e. The molecule has 0 radical (unpaired) electrons. The van der Waals surface area contributed by atoms with E-state index in [4.69, 9.17) is 14.5 Å². The van der Waals surface area contributed by atoms with Crippen molar-refractivity contribution in [3.05, 3.63) is 60.0 Å². The average Bonchev–Trinajstić information content (AvgIpc) is 3.59. The summed E-state index contributed by atoms with van der Waals surface area (Å²) >= 11 is 0. The SMILES string of the molecule is COc1ccc(C23CCC(CN(C(=O)C4CCC(OC(=O)N5CC(O)C5)CC4)c4cc(-c5cnn(C6CCC6)c5)ccn4)(CC2)CC3)cc1C. The molecule has 5 saturated carbocycles. The number of fused-ring (bicyclic) bond motifs is 3. The summed E-state index contributed by atoms with van der Waals surface area (Å²) in [5, 5.41) is 14.3. The van der Waals surface area contributed by atoms with Crippen LogP contribution in [0.3, 0.4) is 0 Å². The number of nitrogens with zero attached hydrogens (tertiary/aromatic N) is 5. The van der Waals surface area contributed by atoms with Gasteiger partial charge in [-0.05, 0) is 136 Å². The van der Waals surface area contributed by atoms with Crippen molar-refractivity contribution in [1.29, 1.82) is 0 Å². The van der Waals surface area contributed by atoms with Crippen LogP contribution in [0.4, 0.5) is 10.6 Å². The zero-order chi connectivity index (χ0) is 34.5. The molecule has 2 bridgehead atoms. The van der Waals surface area contributed by atoms with Crippen LogP contribution in [0.25, 0.3) is 11.1 Å². The number of pyridine rings is 1. The molecule has 10 heteroatoms. The van der Waals surface area contributed by atoms with Gasteiger partial charge < -0.3 is 19.5 Å². The first-order valence-corrected chi connectivity index (χ1v) is 18.8. The Morgan fingerprint density at radius 2 is 1.70 bits per heavy atom. The topological polar surface area (TPSA) is 110 Å². The Morgan fingerprint density at radius 1 is 0.960 bits per heavy atom. The monoisotopic (exact) mass is 681 g/mol. The highest BCUT2D eigenvalue weighted by Gasteiger charge is 2.51. The Balaban J connectivity index is 1.01. The second-order valence-electron chi connectivity index (χ2n) is 16.0. The van der Waals surface area contributed by atoms with E-state index in [1.807, 2.05) is 23.4 Å². The molecular formula is C40H51N5O5. The van der Waals surface area contributed by atoms with E-state index >= 15 is 0 Å². The number of aliphatic hydroxyl groups is 1. The second-order valence-corrected chi connectivity index (χ2v) is 16.0. The van der Waals surface area contributed by atoms with Crippen LogP contribution < -0.4 is 9.64 Å². The number of aliphatic hydroxyl groups excluding tert-OH is 1. The number of β-amino-alcohol motifs (C(OH)–C–C–N with tert-alkyl or cyclic N) is 1. The minimum Gasteiger partial charge on any atom is -0.496 e. The van der Waals surface area contributed by atoms with E-state index in [9.17, 15) is 14.7 Å². The molecule has 50 heavy (non-hydrogen) atoms. The number of hydrogen-bond donors (Lipinski definition) is 1. The maximum atomic E-state index is 14.7. The van der Waals surface area contributed by atoms with Crippen molar-refractivity contribution in [2.45, 2.75) is 114 Å². The van der Waals surface area contributed by atoms with Gasteiger partial charge in [-0.1, -0.05) is 12.1 Å². The molecule has 1 N–H and O–H groups in total. The molecule has 1 aromatic carbocycles. The number of benzene rings is 1. The van der Waals surface area contributed by atoms with Gasteiger partial charge in [0.2, 0.25) is 5.91 Å². The summed E-state index contributed by atoms with van der Waals surface area (Å²) in [5.41, 5.74) is 4.95. The van der Waals surface area contributed by atoms with E-state index in [2.05, 4.69) is 47.2 Å². The Bertz CT molecular complexity index is 1700. The number of methoxy groups -OCH3 is 1. The van der Waals surface area contributed by atoms with E-state index in [-0.39, 0.29) is 34.9 Å². The van der Waals surface area contributed by atoms with Crippen molar-refractivity contribution in [3.63, 3.8) is 0 Å². The van der Waals surface area contributed by atoms with Crippen LogP contribution >= 0.6 is 0 Å². The normalized spacial score (nSPS) is 28.1. The standard InChI is InChI=1S/C40H51N5O5/c1-27-20-31(8-11-35(27)49-2)40-16-13-39(14-17-40,15-18-40)26-44(36-21-29(12-19-41-36)30-22-42-45(23-30)32-4-3-5-32)37(47)28-6-9-34(10-7-28)50-38(48)43-24-33(46)25-43/h8,11-12,19-23,28,32-34,46H,3-7,9-10,13-18,24-26H2,1-2H3. The van der Waals surface area contributed by atoms with Crippen LogP contribution in [0.2, 0.25) is 0 Å². The summed E-state index contributed by atoms with van der Waals surface area (Å²) in [6, 6.07) is 11.3. The van der Waals surface area contributed by atoms with E-state index in [0.717, 1.165) is 61.2 Å². The third kappa shape index (κ3) is 6.29. The molecule has 0 atom stereocenters. The van der Waals surface area contributed by atoms with Gasteiger partial charge in [0.1, 0.15) is 17.7 Å². The Labute approximate surface area is 295 Å². The van der Waals surface area contributed by atoms with Gasteiger partial charge >= 0.3 is 6.09 Å². The van der Waals surface area contributed by atoms with E-state index in [0.29, 0.717) is 51.4 Å². The van der Waals surface area contributed by atoms with Crippen molar-refractivity contribution in [2.24, 2.45) is 11.3 Å². The number of carbonyl (C=O) groups excluding carboxylic acids is 2. The molecular weight excluding hydrogens is 630 g/mol. The Morgan fingerprint density at radius 3 is 2.34 bits per heavy atom. The quantitative estimate of drug-likeness (QED) is 0.259. The smallest absolute Gasteiger partial charge is 0.410 e. The number of ether oxygens (including phenoxy) is 2. The van der Waals surface area contributed by atoms with Gasteiger partial charge in [-0.2, -0.15) is 5.10 Å². The highest BCUT2D eigenvalue weighted by molar-refractivity contribution is 5.95. The second kappa shape index (κ2) is 13.3. The van der Waals surface area contributed by atoms with Crippen LogP contribution in [-0.2, 0) is 14.9 Å². The number of hydrogen-bond acceptors (Lipinski definition) is 7.